The lowest BCUT2D eigenvalue weighted by Gasteiger charge is -2.16. The number of H-pyrrole nitrogens is 2. The molecule has 3 N–H and O–H groups in total. The molecule has 0 spiro atoms. The normalized spacial score (nSPS) is 18.2. The van der Waals surface area contributed by atoms with Gasteiger partial charge in [0.2, 0.25) is 0 Å². The van der Waals surface area contributed by atoms with Gasteiger partial charge < -0.3 is 19.8 Å². The minimum Gasteiger partial charge on any atom is -0.481 e. The molecule has 3 aromatic rings. The van der Waals surface area contributed by atoms with E-state index in [1.54, 1.807) is 0 Å². The average molecular weight is 609 g/mol. The number of allylic oxidation sites excluding steroid dienone is 2. The second-order valence-electron chi connectivity index (χ2n) is 12.9. The number of aromatic nitrogens is 4. The van der Waals surface area contributed by atoms with Crippen molar-refractivity contribution in [2.75, 3.05) is 6.61 Å². The molecule has 1 aliphatic carbocycles. The van der Waals surface area contributed by atoms with Crippen LogP contribution in [0.3, 0.4) is 0 Å². The van der Waals surface area contributed by atoms with Crippen LogP contribution < -0.4 is 0 Å². The molecular weight excluding hydrogens is 564 g/mol. The fourth-order valence-electron chi connectivity index (χ4n) is 7.45. The highest BCUT2D eigenvalue weighted by molar-refractivity contribution is 6.13. The van der Waals surface area contributed by atoms with E-state index >= 15 is 0 Å². The first kappa shape index (κ1) is 31.0. The minimum absolute atomic E-state index is 0.0196. The molecule has 236 valence electrons. The number of hydrogen-bond acceptors (Lipinski definition) is 5. The third kappa shape index (κ3) is 5.33. The number of hydrogen-bond donors (Lipinski definition) is 3. The number of carboxylic acids is 1. The smallest absolute Gasteiger partial charge is 0.303 e. The van der Waals surface area contributed by atoms with E-state index in [1.165, 1.54) is 5.57 Å². The number of carbonyl (C=O) groups excluding carboxylic acids is 1. The number of carbonyl (C=O) groups is 2. The van der Waals surface area contributed by atoms with Crippen molar-refractivity contribution < 1.29 is 19.4 Å². The molecule has 3 atom stereocenters. The maximum atomic E-state index is 13.5. The lowest BCUT2D eigenvalue weighted by atomic mass is 9.85. The number of carboxylic acid groups (broad SMARTS) is 1. The minimum atomic E-state index is -0.830. The molecule has 0 fully saturated rings. The highest BCUT2D eigenvalue weighted by Gasteiger charge is 2.36. The summed E-state index contributed by atoms with van der Waals surface area (Å²) in [4.78, 5) is 42.8. The van der Waals surface area contributed by atoms with Gasteiger partial charge in [-0.05, 0) is 87.4 Å². The summed E-state index contributed by atoms with van der Waals surface area (Å²) in [5, 5.41) is 9.59. The third-order valence-corrected chi connectivity index (χ3v) is 10.1. The van der Waals surface area contributed by atoms with E-state index in [4.69, 9.17) is 14.7 Å². The number of fused-ring (bicyclic) bond motifs is 8. The standard InChI is InChI=1S/C37H44N4O4/c1-8-10-13-45-22(7)34-20(5)28-15-27-19(4)24(11-12-33(43)44)36(40-27)25-14-32(42)35-21(6)29(41-37(25)35)16-30-23(9-2)18(3)26(38-30)17-31(34)39-28/h15-17,19,22,24,39,41H,8-14H2,1-7H3,(H,43,44)/t19-,22?,24-/m0/s1. The van der Waals surface area contributed by atoms with Gasteiger partial charge in [-0.3, -0.25) is 14.6 Å². The molecule has 0 saturated carbocycles. The number of ketones is 1. The summed E-state index contributed by atoms with van der Waals surface area (Å²) in [6.07, 6.45) is 3.54. The van der Waals surface area contributed by atoms with Crippen molar-refractivity contribution >= 4 is 45.0 Å². The number of nitrogens with zero attached hydrogens (tertiary/aromatic N) is 2. The number of unbranched alkanes of at least 4 members (excludes halogenated alkanes) is 1. The van der Waals surface area contributed by atoms with Crippen molar-refractivity contribution in [3.05, 3.63) is 68.8 Å². The summed E-state index contributed by atoms with van der Waals surface area (Å²) in [7, 11) is 0. The van der Waals surface area contributed by atoms with Crippen LogP contribution in [0.25, 0.3) is 33.2 Å². The van der Waals surface area contributed by atoms with Gasteiger partial charge in [-0.25, -0.2) is 4.98 Å². The second-order valence-corrected chi connectivity index (χ2v) is 12.9. The zero-order valence-electron chi connectivity index (χ0n) is 27.5. The second kappa shape index (κ2) is 12.0. The monoisotopic (exact) mass is 608 g/mol. The molecular formula is C37H44N4O4. The molecule has 6 rings (SSSR count). The molecule has 3 aliphatic rings. The maximum absolute atomic E-state index is 13.5. The Labute approximate surface area is 264 Å². The number of aromatic amines is 2. The Morgan fingerprint density at radius 1 is 1.04 bits per heavy atom. The fourth-order valence-corrected chi connectivity index (χ4v) is 7.45. The summed E-state index contributed by atoms with van der Waals surface area (Å²) >= 11 is 0. The Bertz CT molecular complexity index is 1910. The molecule has 0 aromatic carbocycles. The van der Waals surface area contributed by atoms with Crippen LogP contribution in [0.2, 0.25) is 0 Å². The topological polar surface area (TPSA) is 121 Å². The number of rotatable bonds is 9. The van der Waals surface area contributed by atoms with Gasteiger partial charge in [0.1, 0.15) is 0 Å². The van der Waals surface area contributed by atoms with Crippen LogP contribution in [0.5, 0.6) is 0 Å². The van der Waals surface area contributed by atoms with Crippen LogP contribution in [-0.4, -0.2) is 43.4 Å². The SMILES string of the molecule is CCCCOC(C)c1c(C)c2cc3nc(c4c5[nH]c(cc6nc(cc1[nH]2)C(C)=C6CC)c(C)c5C(=O)C4)[C@@H](CCC(=O)O)[C@@H]3C. The summed E-state index contributed by atoms with van der Waals surface area (Å²) in [6.45, 7) is 15.5. The Morgan fingerprint density at radius 2 is 1.78 bits per heavy atom. The molecule has 1 unspecified atom stereocenters. The average Bonchev–Trinajstić information content (AvgIpc) is 3.74. The van der Waals surface area contributed by atoms with Gasteiger partial charge in [0.25, 0.3) is 0 Å². The fraction of sp³-hybridized carbons (Fsp3) is 0.459. The van der Waals surface area contributed by atoms with Crippen LogP contribution in [0.15, 0.2) is 18.2 Å². The summed E-state index contributed by atoms with van der Waals surface area (Å²) < 4.78 is 6.33. The van der Waals surface area contributed by atoms with Crippen molar-refractivity contribution in [1.82, 2.24) is 19.9 Å². The first-order valence-corrected chi connectivity index (χ1v) is 16.4. The molecule has 8 nitrogen and oxygen atoms in total. The van der Waals surface area contributed by atoms with Crippen molar-refractivity contribution in [3.8, 4) is 0 Å². The zero-order chi connectivity index (χ0) is 32.2. The van der Waals surface area contributed by atoms with Gasteiger partial charge in [0.15, 0.2) is 5.78 Å². The first-order valence-electron chi connectivity index (χ1n) is 16.4. The van der Waals surface area contributed by atoms with E-state index in [9.17, 15) is 14.7 Å². The number of Topliss-reactive ketones (excluding diaryl/α,β-unsaturated/α-hetero) is 1. The Kier molecular flexibility index (Phi) is 8.29. The van der Waals surface area contributed by atoms with E-state index in [2.05, 4.69) is 69.7 Å². The van der Waals surface area contributed by atoms with Crippen LogP contribution in [0.4, 0.5) is 0 Å². The molecule has 8 bridgehead atoms. The predicted molar refractivity (Wildman–Crippen MR) is 179 cm³/mol. The highest BCUT2D eigenvalue weighted by atomic mass is 16.5. The lowest BCUT2D eigenvalue weighted by molar-refractivity contribution is -0.137. The summed E-state index contributed by atoms with van der Waals surface area (Å²) in [5.74, 6) is -0.891. The van der Waals surface area contributed by atoms with E-state index in [1.807, 2.05) is 6.92 Å². The van der Waals surface area contributed by atoms with E-state index in [0.29, 0.717) is 18.6 Å². The third-order valence-electron chi connectivity index (χ3n) is 10.1. The van der Waals surface area contributed by atoms with Crippen LogP contribution in [0, 0.1) is 13.8 Å². The van der Waals surface area contributed by atoms with Gasteiger partial charge in [0, 0.05) is 70.2 Å². The number of aryl methyl sites for hydroxylation is 2. The predicted octanol–water partition coefficient (Wildman–Crippen LogP) is 8.64. The Hall–Kier alpha value is -4.04. The molecule has 5 heterocycles. The summed E-state index contributed by atoms with van der Waals surface area (Å²) in [6, 6.07) is 6.32. The first-order chi connectivity index (χ1) is 21.5. The van der Waals surface area contributed by atoms with Crippen molar-refractivity contribution in [3.63, 3.8) is 0 Å². The molecule has 0 radical (unpaired) electrons. The molecule has 0 saturated heterocycles. The largest absolute Gasteiger partial charge is 0.481 e. The number of aliphatic carboxylic acids is 1. The maximum Gasteiger partial charge on any atom is 0.303 e. The molecule has 3 aromatic heterocycles. The van der Waals surface area contributed by atoms with E-state index < -0.39 is 5.97 Å². The molecule has 0 amide bonds. The quantitative estimate of drug-likeness (QED) is 0.209. The Morgan fingerprint density at radius 3 is 2.49 bits per heavy atom. The van der Waals surface area contributed by atoms with Crippen molar-refractivity contribution in [2.45, 2.75) is 105 Å². The lowest BCUT2D eigenvalue weighted by Crippen LogP contribution is -2.08. The number of ether oxygens (including phenoxy) is 1. The van der Waals surface area contributed by atoms with Gasteiger partial charge in [-0.1, -0.05) is 27.2 Å². The Balaban J connectivity index is 1.71. The van der Waals surface area contributed by atoms with Gasteiger partial charge in [-0.2, -0.15) is 0 Å². The van der Waals surface area contributed by atoms with Crippen molar-refractivity contribution in [1.29, 1.82) is 0 Å². The van der Waals surface area contributed by atoms with Crippen LogP contribution in [-0.2, 0) is 16.0 Å². The van der Waals surface area contributed by atoms with Gasteiger partial charge in [0.05, 0.1) is 28.7 Å². The number of nitrogens with one attached hydrogen (secondary N) is 2. The van der Waals surface area contributed by atoms with E-state index in [0.717, 1.165) is 91.9 Å². The van der Waals surface area contributed by atoms with Gasteiger partial charge >= 0.3 is 5.97 Å². The molecule has 2 aliphatic heterocycles. The molecule has 45 heavy (non-hydrogen) atoms. The summed E-state index contributed by atoms with van der Waals surface area (Å²) in [5.41, 5.74) is 14.2. The van der Waals surface area contributed by atoms with Crippen molar-refractivity contribution in [2.24, 2.45) is 0 Å². The van der Waals surface area contributed by atoms with Crippen LogP contribution in [0.1, 0.15) is 140 Å². The van der Waals surface area contributed by atoms with E-state index in [-0.39, 0.29) is 36.6 Å². The molecule has 8 heteroatoms. The zero-order valence-corrected chi connectivity index (χ0v) is 27.5. The highest BCUT2D eigenvalue weighted by Crippen LogP contribution is 2.44. The van der Waals surface area contributed by atoms with Gasteiger partial charge in [-0.15, -0.1) is 0 Å². The van der Waals surface area contributed by atoms with Crippen LogP contribution >= 0.6 is 0 Å².